The maximum atomic E-state index is 12.7. The number of benzene rings is 2. The van der Waals surface area contributed by atoms with Gasteiger partial charge in [0.1, 0.15) is 0 Å². The molecule has 1 heterocycles. The van der Waals surface area contributed by atoms with Gasteiger partial charge in [-0.3, -0.25) is 9.52 Å². The lowest BCUT2D eigenvalue weighted by atomic mass is 10.0. The third-order valence-corrected chi connectivity index (χ3v) is 7.71. The Morgan fingerprint density at radius 3 is 2.36 bits per heavy atom. The van der Waals surface area contributed by atoms with Crippen molar-refractivity contribution in [3.63, 3.8) is 0 Å². The van der Waals surface area contributed by atoms with Crippen molar-refractivity contribution in [2.24, 2.45) is 0 Å². The van der Waals surface area contributed by atoms with E-state index in [1.165, 1.54) is 40.0 Å². The minimum absolute atomic E-state index is 0.0928. The molecule has 0 atom stereocenters. The molecule has 0 aromatic heterocycles. The summed E-state index contributed by atoms with van der Waals surface area (Å²) >= 11 is 7.33. The van der Waals surface area contributed by atoms with E-state index in [1.807, 2.05) is 24.3 Å². The van der Waals surface area contributed by atoms with Crippen LogP contribution in [0.2, 0.25) is 5.02 Å². The number of amides is 1. The third-order valence-electron chi connectivity index (χ3n) is 4.69. The standard InChI is InChI=1S/C20H23ClN2O3S2/c1-14(2)15-5-7-16(8-6-15)27-22-20(24)18-13-17(9-10-19(18)21)28(25,26)23-11-3-4-12-23/h5-10,13-14H,3-4,11-12H2,1-2H3,(H,22,24). The highest BCUT2D eigenvalue weighted by Crippen LogP contribution is 2.26. The first-order chi connectivity index (χ1) is 13.3. The molecule has 150 valence electrons. The van der Waals surface area contributed by atoms with Crippen molar-refractivity contribution in [2.45, 2.75) is 42.4 Å². The summed E-state index contributed by atoms with van der Waals surface area (Å²) in [6.45, 7) is 5.26. The highest BCUT2D eigenvalue weighted by molar-refractivity contribution is 7.98. The summed E-state index contributed by atoms with van der Waals surface area (Å²) in [6.07, 6.45) is 1.71. The maximum Gasteiger partial charge on any atom is 0.262 e. The molecule has 2 aromatic carbocycles. The molecule has 28 heavy (non-hydrogen) atoms. The molecule has 1 saturated heterocycles. The Kier molecular flexibility index (Phi) is 6.70. The predicted octanol–water partition coefficient (Wildman–Crippen LogP) is 4.69. The van der Waals surface area contributed by atoms with Gasteiger partial charge in [-0.15, -0.1) is 0 Å². The molecule has 0 unspecified atom stereocenters. The lowest BCUT2D eigenvalue weighted by molar-refractivity contribution is 0.0984. The smallest absolute Gasteiger partial charge is 0.262 e. The molecule has 2 aromatic rings. The fourth-order valence-corrected chi connectivity index (χ4v) is 5.34. The monoisotopic (exact) mass is 438 g/mol. The van der Waals surface area contributed by atoms with Crippen LogP contribution in [-0.4, -0.2) is 31.7 Å². The first kappa shape index (κ1) is 21.2. The molecule has 5 nitrogen and oxygen atoms in total. The molecule has 0 saturated carbocycles. The number of sulfonamides is 1. The summed E-state index contributed by atoms with van der Waals surface area (Å²) in [4.78, 5) is 13.6. The molecule has 1 aliphatic heterocycles. The van der Waals surface area contributed by atoms with E-state index in [0.717, 1.165) is 17.7 Å². The van der Waals surface area contributed by atoms with Crippen molar-refractivity contribution in [3.05, 3.63) is 58.6 Å². The minimum atomic E-state index is -3.60. The topological polar surface area (TPSA) is 66.5 Å². The Bertz CT molecular complexity index is 954. The zero-order chi connectivity index (χ0) is 20.3. The van der Waals surface area contributed by atoms with Gasteiger partial charge in [-0.1, -0.05) is 37.6 Å². The first-order valence-corrected chi connectivity index (χ1v) is 11.8. The van der Waals surface area contributed by atoms with E-state index >= 15 is 0 Å². The van der Waals surface area contributed by atoms with Crippen LogP contribution in [0.1, 0.15) is 48.5 Å². The number of hydrogen-bond acceptors (Lipinski definition) is 4. The second kappa shape index (κ2) is 8.86. The fraction of sp³-hybridized carbons (Fsp3) is 0.350. The van der Waals surface area contributed by atoms with Gasteiger partial charge in [0.15, 0.2) is 0 Å². The first-order valence-electron chi connectivity index (χ1n) is 9.16. The van der Waals surface area contributed by atoms with E-state index in [0.29, 0.717) is 19.0 Å². The average molecular weight is 439 g/mol. The molecular formula is C20H23ClN2O3S2. The van der Waals surface area contributed by atoms with Gasteiger partial charge in [0.05, 0.1) is 15.5 Å². The molecule has 0 aliphatic carbocycles. The Labute approximate surface area is 175 Å². The summed E-state index contributed by atoms with van der Waals surface area (Å²) in [5.74, 6) is 0.00847. The Morgan fingerprint density at radius 1 is 1.11 bits per heavy atom. The molecule has 1 N–H and O–H groups in total. The van der Waals surface area contributed by atoms with Crippen molar-refractivity contribution in [2.75, 3.05) is 13.1 Å². The second-order valence-corrected chi connectivity index (χ2v) is 10.2. The maximum absolute atomic E-state index is 12.7. The van der Waals surface area contributed by atoms with Gasteiger partial charge in [0, 0.05) is 18.0 Å². The molecule has 0 bridgehead atoms. The van der Waals surface area contributed by atoms with E-state index < -0.39 is 15.9 Å². The van der Waals surface area contributed by atoms with Gasteiger partial charge in [0.2, 0.25) is 10.0 Å². The number of hydrogen-bond donors (Lipinski definition) is 1. The number of carbonyl (C=O) groups excluding carboxylic acids is 1. The number of rotatable bonds is 6. The van der Waals surface area contributed by atoms with E-state index in [2.05, 4.69) is 18.6 Å². The van der Waals surface area contributed by atoms with Gasteiger partial charge in [0.25, 0.3) is 5.91 Å². The molecule has 1 aliphatic rings. The normalized spacial score (nSPS) is 15.1. The van der Waals surface area contributed by atoms with Gasteiger partial charge >= 0.3 is 0 Å². The third kappa shape index (κ3) is 4.71. The summed E-state index contributed by atoms with van der Waals surface area (Å²) < 4.78 is 29.7. The summed E-state index contributed by atoms with van der Waals surface area (Å²) in [5.41, 5.74) is 1.37. The van der Waals surface area contributed by atoms with Crippen molar-refractivity contribution < 1.29 is 13.2 Å². The summed E-state index contributed by atoms with van der Waals surface area (Å²) in [5, 5.41) is 0.216. The van der Waals surface area contributed by atoms with Gasteiger partial charge in [-0.05, 0) is 66.6 Å². The van der Waals surface area contributed by atoms with Crippen LogP contribution >= 0.6 is 23.5 Å². The van der Waals surface area contributed by atoms with Crippen molar-refractivity contribution in [3.8, 4) is 0 Å². The molecule has 1 fully saturated rings. The quantitative estimate of drug-likeness (QED) is 0.664. The zero-order valence-electron chi connectivity index (χ0n) is 15.8. The number of nitrogens with one attached hydrogen (secondary N) is 1. The number of nitrogens with zero attached hydrogens (tertiary/aromatic N) is 1. The van der Waals surface area contributed by atoms with Gasteiger partial charge < -0.3 is 0 Å². The molecule has 3 rings (SSSR count). The average Bonchev–Trinajstić information content (AvgIpc) is 3.22. The van der Waals surface area contributed by atoms with Crippen LogP contribution in [0.3, 0.4) is 0 Å². The van der Waals surface area contributed by atoms with Crippen LogP contribution in [0, 0.1) is 0 Å². The summed E-state index contributed by atoms with van der Waals surface area (Å²) in [7, 11) is -3.60. The largest absolute Gasteiger partial charge is 0.292 e. The van der Waals surface area contributed by atoms with Crippen LogP contribution in [0.5, 0.6) is 0 Å². The zero-order valence-corrected chi connectivity index (χ0v) is 18.2. The molecule has 0 radical (unpaired) electrons. The minimum Gasteiger partial charge on any atom is -0.292 e. The highest BCUT2D eigenvalue weighted by Gasteiger charge is 2.28. The van der Waals surface area contributed by atoms with Gasteiger partial charge in [-0.25, -0.2) is 8.42 Å². The van der Waals surface area contributed by atoms with E-state index in [1.54, 1.807) is 0 Å². The van der Waals surface area contributed by atoms with Crippen LogP contribution < -0.4 is 4.72 Å². The Morgan fingerprint density at radius 2 is 1.75 bits per heavy atom. The van der Waals surface area contributed by atoms with E-state index in [4.69, 9.17) is 11.6 Å². The van der Waals surface area contributed by atoms with Crippen molar-refractivity contribution in [1.82, 2.24) is 9.03 Å². The molecule has 1 amide bonds. The lowest BCUT2D eigenvalue weighted by Crippen LogP contribution is -2.28. The number of halogens is 1. The van der Waals surface area contributed by atoms with Crippen LogP contribution in [-0.2, 0) is 10.0 Å². The molecular weight excluding hydrogens is 416 g/mol. The lowest BCUT2D eigenvalue weighted by Gasteiger charge is -2.16. The molecule has 8 heteroatoms. The predicted molar refractivity (Wildman–Crippen MR) is 113 cm³/mol. The van der Waals surface area contributed by atoms with Crippen LogP contribution in [0.4, 0.5) is 0 Å². The van der Waals surface area contributed by atoms with Crippen molar-refractivity contribution >= 4 is 39.5 Å². The fourth-order valence-electron chi connectivity index (χ4n) is 3.00. The SMILES string of the molecule is CC(C)c1ccc(SNC(=O)c2cc(S(=O)(=O)N3CCCC3)ccc2Cl)cc1. The summed E-state index contributed by atoms with van der Waals surface area (Å²) in [6, 6.07) is 12.2. The second-order valence-electron chi connectivity index (χ2n) is 7.01. The Balaban J connectivity index is 1.74. The van der Waals surface area contributed by atoms with E-state index in [9.17, 15) is 13.2 Å². The van der Waals surface area contributed by atoms with Gasteiger partial charge in [-0.2, -0.15) is 4.31 Å². The number of carbonyl (C=O) groups is 1. The van der Waals surface area contributed by atoms with Crippen molar-refractivity contribution in [1.29, 1.82) is 0 Å². The highest BCUT2D eigenvalue weighted by atomic mass is 35.5. The molecule has 0 spiro atoms. The van der Waals surface area contributed by atoms with Crippen LogP contribution in [0.15, 0.2) is 52.3 Å². The Hall–Kier alpha value is -1.54. The van der Waals surface area contributed by atoms with Crippen LogP contribution in [0.25, 0.3) is 0 Å². The van der Waals surface area contributed by atoms with E-state index in [-0.39, 0.29) is 15.5 Å².